The summed E-state index contributed by atoms with van der Waals surface area (Å²) < 4.78 is 1.91. The molecule has 0 saturated heterocycles. The summed E-state index contributed by atoms with van der Waals surface area (Å²) in [6.07, 6.45) is 3.50. The van der Waals surface area contributed by atoms with E-state index in [-0.39, 0.29) is 0 Å². The Morgan fingerprint density at radius 1 is 1.48 bits per heavy atom. The molecule has 0 radical (unpaired) electrons. The fourth-order valence-corrected chi connectivity index (χ4v) is 3.03. The molecule has 0 aromatic carbocycles. The van der Waals surface area contributed by atoms with Crippen molar-refractivity contribution in [3.63, 3.8) is 0 Å². The zero-order valence-electron chi connectivity index (χ0n) is 11.3. The molecule has 3 heterocycles. The normalized spacial score (nSPS) is 11.8. The number of nitrogen functional groups attached to an aromatic ring is 1. The van der Waals surface area contributed by atoms with E-state index < -0.39 is 0 Å². The van der Waals surface area contributed by atoms with Crippen LogP contribution in [0.5, 0.6) is 0 Å². The number of rotatable bonds is 5. The van der Waals surface area contributed by atoms with E-state index in [1.807, 2.05) is 34.5 Å². The number of aryl methyl sites for hydroxylation is 1. The number of hydrogen-bond donors (Lipinski definition) is 1. The van der Waals surface area contributed by atoms with Crippen LogP contribution in [0, 0.1) is 0 Å². The second-order valence-electron chi connectivity index (χ2n) is 4.26. The minimum atomic E-state index is 0.292. The molecule has 3 aromatic heterocycles. The molecule has 0 spiro atoms. The number of nitrogens with zero attached hydrogens (tertiary/aromatic N) is 4. The van der Waals surface area contributed by atoms with E-state index in [1.165, 1.54) is 11.3 Å². The molecular formula is C13H13N5OS2. The van der Waals surface area contributed by atoms with Crippen LogP contribution in [-0.2, 0) is 18.5 Å². The van der Waals surface area contributed by atoms with Crippen molar-refractivity contribution < 1.29 is 4.84 Å². The molecule has 0 aliphatic rings. The lowest BCUT2D eigenvalue weighted by Gasteiger charge is -2.05. The Labute approximate surface area is 129 Å². The minimum absolute atomic E-state index is 0.292. The topological polar surface area (TPSA) is 78.3 Å². The lowest BCUT2D eigenvalue weighted by molar-refractivity contribution is 0.128. The number of imidazole rings is 1. The molecule has 108 valence electrons. The molecule has 21 heavy (non-hydrogen) atoms. The van der Waals surface area contributed by atoms with Gasteiger partial charge in [-0.15, -0.1) is 22.7 Å². The highest BCUT2D eigenvalue weighted by Crippen LogP contribution is 2.17. The van der Waals surface area contributed by atoms with Gasteiger partial charge in [-0.3, -0.25) is 0 Å². The maximum Gasteiger partial charge on any atom is 0.180 e. The fraction of sp³-hybridized carbons (Fsp3) is 0.154. The Balaban J connectivity index is 1.82. The van der Waals surface area contributed by atoms with Gasteiger partial charge in [0.15, 0.2) is 11.7 Å². The monoisotopic (exact) mass is 319 g/mol. The maximum atomic E-state index is 5.59. The Morgan fingerprint density at radius 2 is 2.38 bits per heavy atom. The van der Waals surface area contributed by atoms with Gasteiger partial charge < -0.3 is 15.1 Å². The summed E-state index contributed by atoms with van der Waals surface area (Å²) in [5.41, 5.74) is 8.02. The van der Waals surface area contributed by atoms with E-state index in [0.717, 1.165) is 22.0 Å². The Morgan fingerprint density at radius 3 is 3.00 bits per heavy atom. The first-order valence-corrected chi connectivity index (χ1v) is 7.90. The van der Waals surface area contributed by atoms with Gasteiger partial charge in [-0.1, -0.05) is 11.2 Å². The van der Waals surface area contributed by atoms with Crippen LogP contribution < -0.4 is 5.73 Å². The van der Waals surface area contributed by atoms with Crippen LogP contribution in [0.2, 0.25) is 0 Å². The summed E-state index contributed by atoms with van der Waals surface area (Å²) in [7, 11) is 1.92. The van der Waals surface area contributed by atoms with Crippen molar-refractivity contribution in [3.05, 3.63) is 51.7 Å². The van der Waals surface area contributed by atoms with Crippen LogP contribution in [-0.4, -0.2) is 20.2 Å². The van der Waals surface area contributed by atoms with E-state index in [0.29, 0.717) is 11.7 Å². The molecule has 8 heteroatoms. The predicted octanol–water partition coefficient (Wildman–Crippen LogP) is 2.49. The Bertz CT molecular complexity index is 744. The molecule has 0 fully saturated rings. The van der Waals surface area contributed by atoms with Crippen LogP contribution in [0.25, 0.3) is 0 Å². The van der Waals surface area contributed by atoms with E-state index in [4.69, 9.17) is 10.6 Å². The molecule has 0 aliphatic heterocycles. The van der Waals surface area contributed by atoms with Crippen LogP contribution in [0.3, 0.4) is 0 Å². The summed E-state index contributed by atoms with van der Waals surface area (Å²) in [5.74, 6) is 0. The van der Waals surface area contributed by atoms with Crippen LogP contribution in [0.1, 0.15) is 16.3 Å². The minimum Gasteiger partial charge on any atom is -0.389 e. The molecule has 2 N–H and O–H groups in total. The average molecular weight is 319 g/mol. The number of thiazole rings is 1. The van der Waals surface area contributed by atoms with Crippen LogP contribution in [0.4, 0.5) is 5.13 Å². The highest BCUT2D eigenvalue weighted by molar-refractivity contribution is 7.13. The molecule has 0 amide bonds. The zero-order valence-corrected chi connectivity index (χ0v) is 12.9. The number of aromatic nitrogens is 3. The Kier molecular flexibility index (Phi) is 3.98. The molecule has 3 rings (SSSR count). The van der Waals surface area contributed by atoms with Crippen LogP contribution >= 0.6 is 22.7 Å². The molecule has 0 unspecified atom stereocenters. The third-order valence-corrected chi connectivity index (χ3v) is 4.35. The van der Waals surface area contributed by atoms with E-state index in [2.05, 4.69) is 15.1 Å². The first kappa shape index (κ1) is 13.8. The van der Waals surface area contributed by atoms with E-state index in [1.54, 1.807) is 23.9 Å². The van der Waals surface area contributed by atoms with Crippen molar-refractivity contribution in [2.75, 3.05) is 5.73 Å². The lowest BCUT2D eigenvalue weighted by atomic mass is 10.2. The molecule has 0 saturated carbocycles. The number of thiophene rings is 1. The van der Waals surface area contributed by atoms with Gasteiger partial charge >= 0.3 is 0 Å². The standard InChI is InChI=1S/C13H13N5OS2/c1-18-8-15-5-10(18)12(11-3-2-4-20-11)17-19-6-9-7-21-13(14)16-9/h2-5,7-8H,6H2,1H3,(H2,14,16)/b17-12+. The SMILES string of the molecule is Cn1cncc1/C(=N\OCc1csc(N)n1)c1cccs1. The zero-order chi connectivity index (χ0) is 14.7. The van der Waals surface area contributed by atoms with Crippen molar-refractivity contribution in [2.24, 2.45) is 12.2 Å². The highest BCUT2D eigenvalue weighted by Gasteiger charge is 2.13. The van der Waals surface area contributed by atoms with Crippen LogP contribution in [0.15, 0.2) is 40.6 Å². The first-order chi connectivity index (χ1) is 10.2. The van der Waals surface area contributed by atoms with Gasteiger partial charge in [0.25, 0.3) is 0 Å². The lowest BCUT2D eigenvalue weighted by Crippen LogP contribution is -2.07. The summed E-state index contributed by atoms with van der Waals surface area (Å²) in [5, 5.41) is 8.66. The van der Waals surface area contributed by atoms with Gasteiger partial charge in [-0.05, 0) is 11.4 Å². The molecular weight excluding hydrogens is 306 g/mol. The van der Waals surface area contributed by atoms with Crippen molar-refractivity contribution in [1.82, 2.24) is 14.5 Å². The average Bonchev–Trinajstić information content (AvgIpc) is 3.18. The molecule has 3 aromatic rings. The first-order valence-electron chi connectivity index (χ1n) is 6.14. The molecule has 0 aliphatic carbocycles. The second kappa shape index (κ2) is 6.06. The van der Waals surface area contributed by atoms with Gasteiger partial charge in [-0.25, -0.2) is 9.97 Å². The van der Waals surface area contributed by atoms with E-state index in [9.17, 15) is 0 Å². The van der Waals surface area contributed by atoms with Crippen molar-refractivity contribution in [1.29, 1.82) is 0 Å². The molecule has 0 atom stereocenters. The highest BCUT2D eigenvalue weighted by atomic mass is 32.1. The maximum absolute atomic E-state index is 5.59. The number of nitrogens with two attached hydrogens (primary N) is 1. The molecule has 6 nitrogen and oxygen atoms in total. The van der Waals surface area contributed by atoms with Crippen molar-refractivity contribution in [3.8, 4) is 0 Å². The largest absolute Gasteiger partial charge is 0.389 e. The van der Waals surface area contributed by atoms with Gasteiger partial charge in [-0.2, -0.15) is 0 Å². The smallest absolute Gasteiger partial charge is 0.180 e. The van der Waals surface area contributed by atoms with Crippen molar-refractivity contribution >= 4 is 33.5 Å². The third kappa shape index (κ3) is 3.11. The molecule has 0 bridgehead atoms. The number of hydrogen-bond acceptors (Lipinski definition) is 7. The second-order valence-corrected chi connectivity index (χ2v) is 6.09. The summed E-state index contributed by atoms with van der Waals surface area (Å²) >= 11 is 2.99. The number of oxime groups is 1. The van der Waals surface area contributed by atoms with Gasteiger partial charge in [0, 0.05) is 12.4 Å². The van der Waals surface area contributed by atoms with Gasteiger partial charge in [0.05, 0.1) is 28.8 Å². The van der Waals surface area contributed by atoms with E-state index >= 15 is 0 Å². The quantitative estimate of drug-likeness (QED) is 0.579. The van der Waals surface area contributed by atoms with Gasteiger partial charge in [0.2, 0.25) is 0 Å². The van der Waals surface area contributed by atoms with Gasteiger partial charge in [0.1, 0.15) is 5.71 Å². The summed E-state index contributed by atoms with van der Waals surface area (Å²) in [6.45, 7) is 0.292. The number of anilines is 1. The Hall–Kier alpha value is -2.19. The fourth-order valence-electron chi connectivity index (χ4n) is 1.77. The summed E-state index contributed by atoms with van der Waals surface area (Å²) in [6, 6.07) is 3.98. The van der Waals surface area contributed by atoms with Crippen molar-refractivity contribution in [2.45, 2.75) is 6.61 Å². The third-order valence-electron chi connectivity index (χ3n) is 2.75. The summed E-state index contributed by atoms with van der Waals surface area (Å²) in [4.78, 5) is 14.7. The predicted molar refractivity (Wildman–Crippen MR) is 84.5 cm³/mol.